The van der Waals surface area contributed by atoms with E-state index in [1.807, 2.05) is 41.2 Å². The molecule has 1 heterocycles. The van der Waals surface area contributed by atoms with Crippen molar-refractivity contribution in [1.29, 1.82) is 0 Å². The molecule has 24 heavy (non-hydrogen) atoms. The fourth-order valence-electron chi connectivity index (χ4n) is 3.31. The Morgan fingerprint density at radius 1 is 1.33 bits per heavy atom. The summed E-state index contributed by atoms with van der Waals surface area (Å²) in [6, 6.07) is 10.0. The molecule has 0 fully saturated rings. The third kappa shape index (κ3) is 3.22. The van der Waals surface area contributed by atoms with Crippen LogP contribution in [0, 0.1) is 5.41 Å². The quantitative estimate of drug-likeness (QED) is 0.911. The predicted octanol–water partition coefficient (Wildman–Crippen LogP) is 2.74. The standard InChI is InChI=1S/C19H26N4O/c1-18(2)10-15(22-17(24)19(3,4)20)14-12-21-23(16(14)11-18)13-8-6-5-7-9-13/h5-9,12,15H,10-11,20H2,1-4H3,(H,22,24)/t15-/m1/s1. The second kappa shape index (κ2) is 5.74. The summed E-state index contributed by atoms with van der Waals surface area (Å²) in [4.78, 5) is 12.4. The van der Waals surface area contributed by atoms with Crippen molar-refractivity contribution in [3.05, 3.63) is 47.8 Å². The summed E-state index contributed by atoms with van der Waals surface area (Å²) in [6.07, 6.45) is 3.68. The zero-order valence-electron chi connectivity index (χ0n) is 14.8. The second-order valence-electron chi connectivity index (χ2n) is 8.09. The van der Waals surface area contributed by atoms with Gasteiger partial charge in [0, 0.05) is 5.56 Å². The van der Waals surface area contributed by atoms with Crippen molar-refractivity contribution in [2.45, 2.75) is 52.1 Å². The lowest BCUT2D eigenvalue weighted by Crippen LogP contribution is -2.51. The number of nitrogens with one attached hydrogen (secondary N) is 1. The number of carbonyl (C=O) groups is 1. The Hall–Kier alpha value is -2.14. The van der Waals surface area contributed by atoms with Gasteiger partial charge in [-0.15, -0.1) is 0 Å². The van der Waals surface area contributed by atoms with E-state index >= 15 is 0 Å². The van der Waals surface area contributed by atoms with E-state index in [9.17, 15) is 4.79 Å². The van der Waals surface area contributed by atoms with Gasteiger partial charge in [-0.2, -0.15) is 5.10 Å². The van der Waals surface area contributed by atoms with Gasteiger partial charge in [0.05, 0.1) is 29.2 Å². The first-order valence-electron chi connectivity index (χ1n) is 8.39. The van der Waals surface area contributed by atoms with E-state index in [1.165, 1.54) is 0 Å². The van der Waals surface area contributed by atoms with Gasteiger partial charge in [0.25, 0.3) is 0 Å². The summed E-state index contributed by atoms with van der Waals surface area (Å²) in [6.45, 7) is 7.91. The summed E-state index contributed by atoms with van der Waals surface area (Å²) in [5, 5.41) is 7.71. The zero-order chi connectivity index (χ0) is 17.5. The molecule has 1 aromatic heterocycles. The Labute approximate surface area is 143 Å². The molecular formula is C19H26N4O. The first kappa shape index (κ1) is 16.7. The molecule has 1 aromatic carbocycles. The molecule has 0 unspecified atom stereocenters. The molecule has 1 aliphatic carbocycles. The van der Waals surface area contributed by atoms with Crippen molar-refractivity contribution in [3.63, 3.8) is 0 Å². The van der Waals surface area contributed by atoms with E-state index in [2.05, 4.69) is 24.3 Å². The van der Waals surface area contributed by atoms with Gasteiger partial charge >= 0.3 is 0 Å². The highest BCUT2D eigenvalue weighted by Gasteiger charge is 2.37. The lowest BCUT2D eigenvalue weighted by Gasteiger charge is -2.37. The van der Waals surface area contributed by atoms with Gasteiger partial charge in [0.1, 0.15) is 0 Å². The molecule has 0 bridgehead atoms. The van der Waals surface area contributed by atoms with Crippen molar-refractivity contribution in [2.24, 2.45) is 11.1 Å². The Balaban J connectivity index is 1.99. The molecule has 0 saturated carbocycles. The number of rotatable bonds is 3. The van der Waals surface area contributed by atoms with Gasteiger partial charge < -0.3 is 11.1 Å². The smallest absolute Gasteiger partial charge is 0.239 e. The maximum atomic E-state index is 12.4. The monoisotopic (exact) mass is 326 g/mol. The van der Waals surface area contributed by atoms with Crippen LogP contribution in [-0.2, 0) is 11.2 Å². The first-order valence-corrected chi connectivity index (χ1v) is 8.39. The Kier molecular flexibility index (Phi) is 4.00. The number of aromatic nitrogens is 2. The third-order valence-corrected chi connectivity index (χ3v) is 4.57. The highest BCUT2D eigenvalue weighted by atomic mass is 16.2. The summed E-state index contributed by atoms with van der Waals surface area (Å²) < 4.78 is 1.99. The van der Waals surface area contributed by atoms with E-state index in [0.29, 0.717) is 0 Å². The van der Waals surface area contributed by atoms with Crippen LogP contribution in [0.25, 0.3) is 5.69 Å². The normalized spacial score (nSPS) is 19.6. The molecule has 0 radical (unpaired) electrons. The summed E-state index contributed by atoms with van der Waals surface area (Å²) in [7, 11) is 0. The summed E-state index contributed by atoms with van der Waals surface area (Å²) >= 11 is 0. The highest BCUT2D eigenvalue weighted by Crippen LogP contribution is 2.41. The van der Waals surface area contributed by atoms with Crippen LogP contribution >= 0.6 is 0 Å². The molecule has 1 atom stereocenters. The van der Waals surface area contributed by atoms with Crippen molar-refractivity contribution in [2.75, 3.05) is 0 Å². The van der Waals surface area contributed by atoms with E-state index in [1.54, 1.807) is 13.8 Å². The van der Waals surface area contributed by atoms with E-state index < -0.39 is 5.54 Å². The van der Waals surface area contributed by atoms with Gasteiger partial charge in [0.2, 0.25) is 5.91 Å². The number of benzene rings is 1. The molecule has 0 saturated heterocycles. The van der Waals surface area contributed by atoms with Crippen LogP contribution in [-0.4, -0.2) is 21.2 Å². The minimum absolute atomic E-state index is 0.0588. The van der Waals surface area contributed by atoms with Crippen LogP contribution in [0.1, 0.15) is 51.4 Å². The van der Waals surface area contributed by atoms with Crippen molar-refractivity contribution < 1.29 is 4.79 Å². The molecule has 5 nitrogen and oxygen atoms in total. The molecule has 1 amide bonds. The zero-order valence-corrected chi connectivity index (χ0v) is 14.8. The maximum absolute atomic E-state index is 12.4. The molecular weight excluding hydrogens is 300 g/mol. The minimum atomic E-state index is -0.892. The topological polar surface area (TPSA) is 72.9 Å². The third-order valence-electron chi connectivity index (χ3n) is 4.57. The van der Waals surface area contributed by atoms with E-state index in [4.69, 9.17) is 5.73 Å². The van der Waals surface area contributed by atoms with Crippen LogP contribution in [0.5, 0.6) is 0 Å². The Morgan fingerprint density at radius 3 is 2.62 bits per heavy atom. The van der Waals surface area contributed by atoms with Crippen LogP contribution < -0.4 is 11.1 Å². The molecule has 128 valence electrons. The summed E-state index contributed by atoms with van der Waals surface area (Å²) in [5.74, 6) is -0.136. The number of nitrogens with two attached hydrogens (primary N) is 1. The van der Waals surface area contributed by atoms with Gasteiger partial charge in [-0.3, -0.25) is 4.79 Å². The number of nitrogens with zero attached hydrogens (tertiary/aromatic N) is 2. The molecule has 2 aromatic rings. The Bertz CT molecular complexity index is 740. The largest absolute Gasteiger partial charge is 0.348 e. The highest BCUT2D eigenvalue weighted by molar-refractivity contribution is 5.85. The van der Waals surface area contributed by atoms with Crippen molar-refractivity contribution in [3.8, 4) is 5.69 Å². The fraction of sp³-hybridized carbons (Fsp3) is 0.474. The Morgan fingerprint density at radius 2 is 2.00 bits per heavy atom. The SMILES string of the molecule is CC1(C)Cc2c(cnn2-c2ccccc2)[C@H](NC(=O)C(C)(C)N)C1. The average Bonchev–Trinajstić information content (AvgIpc) is 2.89. The van der Waals surface area contributed by atoms with Gasteiger partial charge in [0.15, 0.2) is 0 Å². The lowest BCUT2D eigenvalue weighted by atomic mass is 9.74. The predicted molar refractivity (Wildman–Crippen MR) is 94.8 cm³/mol. The van der Waals surface area contributed by atoms with Gasteiger partial charge in [-0.1, -0.05) is 32.0 Å². The van der Waals surface area contributed by atoms with Crippen LogP contribution in [0.4, 0.5) is 0 Å². The van der Waals surface area contributed by atoms with Crippen LogP contribution in [0.3, 0.4) is 0 Å². The molecule has 3 rings (SSSR count). The average molecular weight is 326 g/mol. The first-order chi connectivity index (χ1) is 11.2. The number of hydrogen-bond donors (Lipinski definition) is 2. The second-order valence-corrected chi connectivity index (χ2v) is 8.09. The van der Waals surface area contributed by atoms with Crippen LogP contribution in [0.2, 0.25) is 0 Å². The van der Waals surface area contributed by atoms with Gasteiger partial charge in [-0.05, 0) is 44.2 Å². The van der Waals surface area contributed by atoms with E-state index in [-0.39, 0.29) is 17.4 Å². The van der Waals surface area contributed by atoms with Crippen molar-refractivity contribution in [1.82, 2.24) is 15.1 Å². The molecule has 5 heteroatoms. The molecule has 0 spiro atoms. The van der Waals surface area contributed by atoms with Crippen LogP contribution in [0.15, 0.2) is 36.5 Å². The lowest BCUT2D eigenvalue weighted by molar-refractivity contribution is -0.126. The molecule has 0 aliphatic heterocycles. The molecule has 1 aliphatic rings. The number of carbonyl (C=O) groups excluding carboxylic acids is 1. The van der Waals surface area contributed by atoms with Gasteiger partial charge in [-0.25, -0.2) is 4.68 Å². The number of fused-ring (bicyclic) bond motifs is 1. The fourth-order valence-corrected chi connectivity index (χ4v) is 3.31. The maximum Gasteiger partial charge on any atom is 0.239 e. The molecule has 3 N–H and O–H groups in total. The summed E-state index contributed by atoms with van der Waals surface area (Å²) in [5.41, 5.74) is 8.44. The minimum Gasteiger partial charge on any atom is -0.348 e. The number of hydrogen-bond acceptors (Lipinski definition) is 3. The van der Waals surface area contributed by atoms with Crippen molar-refractivity contribution >= 4 is 5.91 Å². The van der Waals surface area contributed by atoms with E-state index in [0.717, 1.165) is 29.8 Å². The number of para-hydroxylation sites is 1. The number of amides is 1.